The molecule has 0 atom stereocenters. The van der Waals surface area contributed by atoms with Gasteiger partial charge in [0.05, 0.1) is 6.61 Å². The lowest BCUT2D eigenvalue weighted by Crippen LogP contribution is -2.14. The van der Waals surface area contributed by atoms with E-state index in [0.717, 1.165) is 18.8 Å². The Morgan fingerprint density at radius 2 is 1.80 bits per heavy atom. The Morgan fingerprint density at radius 3 is 2.33 bits per heavy atom. The molecule has 90 valence electrons. The summed E-state index contributed by atoms with van der Waals surface area (Å²) in [5.41, 5.74) is 1.11. The van der Waals surface area contributed by atoms with Gasteiger partial charge in [0.1, 0.15) is 6.69 Å². The van der Waals surface area contributed by atoms with E-state index >= 15 is 0 Å². The number of hydrogen-bond donors (Lipinski definition) is 0. The summed E-state index contributed by atoms with van der Waals surface area (Å²) in [5, 5.41) is 0. The van der Waals surface area contributed by atoms with Crippen molar-refractivity contribution in [2.75, 3.05) is 13.2 Å². The first-order valence-corrected chi connectivity index (χ1v) is 11.3. The number of halogens is 1. The Hall–Kier alpha value is 0.397. The molecular formula is C12H25BrOSi. The van der Waals surface area contributed by atoms with E-state index in [1.165, 1.54) is 31.7 Å². The van der Waals surface area contributed by atoms with Crippen molar-refractivity contribution in [3.05, 3.63) is 12.2 Å². The summed E-state index contributed by atoms with van der Waals surface area (Å²) >= 11 is 3.79. The number of rotatable bonds is 9. The fraction of sp³-hybridized carbons (Fsp3) is 0.833. The average molecular weight is 293 g/mol. The highest BCUT2D eigenvalue weighted by Gasteiger charge is 2.14. The molecule has 0 saturated heterocycles. The van der Waals surface area contributed by atoms with E-state index in [0.29, 0.717) is 0 Å². The first-order chi connectivity index (χ1) is 6.92. The molecule has 15 heavy (non-hydrogen) atoms. The molecule has 0 saturated carbocycles. The third kappa shape index (κ3) is 14.4. The maximum absolute atomic E-state index is 5.44. The Labute approximate surface area is 104 Å². The summed E-state index contributed by atoms with van der Waals surface area (Å²) in [6.45, 7) is 11.2. The average Bonchev–Trinajstić information content (AvgIpc) is 2.07. The van der Waals surface area contributed by atoms with E-state index in [1.807, 2.05) is 6.92 Å². The van der Waals surface area contributed by atoms with Crippen LogP contribution in [0.4, 0.5) is 0 Å². The first kappa shape index (κ1) is 15.4. The van der Waals surface area contributed by atoms with Crippen LogP contribution in [0.2, 0.25) is 19.1 Å². The Morgan fingerprint density at radius 1 is 1.20 bits per heavy atom. The van der Waals surface area contributed by atoms with E-state index < -0.39 is 6.69 Å². The van der Waals surface area contributed by atoms with Crippen molar-refractivity contribution in [3.63, 3.8) is 0 Å². The van der Waals surface area contributed by atoms with Crippen LogP contribution in [0.25, 0.3) is 0 Å². The quantitative estimate of drug-likeness (QED) is 0.258. The molecule has 0 rings (SSSR count). The Kier molecular flexibility index (Phi) is 8.76. The highest BCUT2D eigenvalue weighted by Crippen LogP contribution is 2.20. The SMILES string of the molecule is C=C(C)COCCCCCC[Si](C)(C)Br. The second-order valence-corrected chi connectivity index (χ2v) is 15.3. The van der Waals surface area contributed by atoms with Crippen molar-refractivity contribution in [2.24, 2.45) is 0 Å². The second-order valence-electron chi connectivity index (χ2n) is 4.89. The van der Waals surface area contributed by atoms with Gasteiger partial charge in [-0.2, -0.15) is 0 Å². The fourth-order valence-electron chi connectivity index (χ4n) is 1.35. The molecule has 0 bridgehead atoms. The van der Waals surface area contributed by atoms with Crippen LogP contribution >= 0.6 is 15.3 Å². The topological polar surface area (TPSA) is 9.23 Å². The minimum absolute atomic E-state index is 0.724. The summed E-state index contributed by atoms with van der Waals surface area (Å²) in [4.78, 5) is 0. The minimum atomic E-state index is -0.978. The van der Waals surface area contributed by atoms with Crippen LogP contribution in [0.3, 0.4) is 0 Å². The Balaban J connectivity index is 3.09. The number of ether oxygens (including phenoxy) is 1. The van der Waals surface area contributed by atoms with Crippen molar-refractivity contribution in [2.45, 2.75) is 51.7 Å². The van der Waals surface area contributed by atoms with Crippen LogP contribution in [-0.4, -0.2) is 19.9 Å². The minimum Gasteiger partial charge on any atom is -0.377 e. The molecule has 1 nitrogen and oxygen atoms in total. The molecule has 0 aromatic carbocycles. The van der Waals surface area contributed by atoms with Gasteiger partial charge in [-0.3, -0.25) is 0 Å². The smallest absolute Gasteiger partial charge is 0.124 e. The summed E-state index contributed by atoms with van der Waals surface area (Å²) in [6, 6.07) is 1.39. The zero-order chi connectivity index (χ0) is 11.7. The summed E-state index contributed by atoms with van der Waals surface area (Å²) < 4.78 is 5.44. The van der Waals surface area contributed by atoms with Crippen molar-refractivity contribution in [1.29, 1.82) is 0 Å². The highest BCUT2D eigenvalue weighted by atomic mass is 79.9. The van der Waals surface area contributed by atoms with Crippen LogP contribution in [0.15, 0.2) is 12.2 Å². The van der Waals surface area contributed by atoms with Crippen LogP contribution < -0.4 is 0 Å². The van der Waals surface area contributed by atoms with Gasteiger partial charge in [-0.25, -0.2) is 0 Å². The first-order valence-electron chi connectivity index (χ1n) is 5.83. The molecule has 3 heteroatoms. The van der Waals surface area contributed by atoms with Crippen LogP contribution in [0.1, 0.15) is 32.6 Å². The lowest BCUT2D eigenvalue weighted by molar-refractivity contribution is 0.151. The largest absolute Gasteiger partial charge is 0.377 e. The molecule has 0 amide bonds. The molecule has 0 aliphatic heterocycles. The van der Waals surface area contributed by atoms with E-state index in [2.05, 4.69) is 35.0 Å². The van der Waals surface area contributed by atoms with Crippen LogP contribution in [0, 0.1) is 0 Å². The Bertz CT molecular complexity index is 175. The van der Waals surface area contributed by atoms with Crippen molar-refractivity contribution < 1.29 is 4.74 Å². The predicted molar refractivity (Wildman–Crippen MR) is 75.3 cm³/mol. The van der Waals surface area contributed by atoms with Gasteiger partial charge in [0.25, 0.3) is 0 Å². The van der Waals surface area contributed by atoms with Gasteiger partial charge >= 0.3 is 0 Å². The molecular weight excluding hydrogens is 268 g/mol. The van der Waals surface area contributed by atoms with Crippen LogP contribution in [-0.2, 0) is 4.74 Å². The predicted octanol–water partition coefficient (Wildman–Crippen LogP) is 4.74. The molecule has 0 aliphatic rings. The van der Waals surface area contributed by atoms with Crippen molar-refractivity contribution in [3.8, 4) is 0 Å². The molecule has 0 aliphatic carbocycles. The molecule has 0 radical (unpaired) electrons. The highest BCUT2D eigenvalue weighted by molar-refractivity contribution is 9.26. The standard InChI is InChI=1S/C12H25BrOSi/c1-12(2)11-14-9-7-5-6-8-10-15(3,4)13/h1,5-11H2,2-4H3. The molecule has 0 spiro atoms. The van der Waals surface area contributed by atoms with Gasteiger partial charge in [0.2, 0.25) is 0 Å². The lowest BCUT2D eigenvalue weighted by Gasteiger charge is -2.12. The third-order valence-electron chi connectivity index (χ3n) is 2.16. The normalized spacial score (nSPS) is 11.7. The molecule has 0 fully saturated rings. The number of hydrogen-bond acceptors (Lipinski definition) is 1. The second kappa shape index (κ2) is 8.54. The molecule has 0 heterocycles. The van der Waals surface area contributed by atoms with Crippen LogP contribution in [0.5, 0.6) is 0 Å². The molecule has 0 aromatic rings. The van der Waals surface area contributed by atoms with Gasteiger partial charge in [0, 0.05) is 6.61 Å². The van der Waals surface area contributed by atoms with Crippen molar-refractivity contribution in [1.82, 2.24) is 0 Å². The van der Waals surface area contributed by atoms with E-state index in [4.69, 9.17) is 4.74 Å². The summed E-state index contributed by atoms with van der Waals surface area (Å²) in [5.74, 6) is 0. The summed E-state index contributed by atoms with van der Waals surface area (Å²) in [6.07, 6.45) is 5.20. The van der Waals surface area contributed by atoms with Crippen molar-refractivity contribution >= 4 is 22.0 Å². The van der Waals surface area contributed by atoms with Gasteiger partial charge in [-0.1, -0.05) is 44.5 Å². The zero-order valence-electron chi connectivity index (χ0n) is 10.4. The maximum Gasteiger partial charge on any atom is 0.124 e. The van der Waals surface area contributed by atoms with Gasteiger partial charge < -0.3 is 4.74 Å². The molecule has 0 unspecified atom stereocenters. The molecule has 0 N–H and O–H groups in total. The third-order valence-corrected chi connectivity index (χ3v) is 4.89. The van der Waals surface area contributed by atoms with E-state index in [-0.39, 0.29) is 0 Å². The zero-order valence-corrected chi connectivity index (χ0v) is 13.0. The number of unbranched alkanes of at least 4 members (excludes halogenated alkanes) is 3. The fourth-order valence-corrected chi connectivity index (χ4v) is 3.28. The molecule has 0 aromatic heterocycles. The monoisotopic (exact) mass is 292 g/mol. The lowest BCUT2D eigenvalue weighted by atomic mass is 10.2. The van der Waals surface area contributed by atoms with Gasteiger partial charge in [0.15, 0.2) is 0 Å². The summed E-state index contributed by atoms with van der Waals surface area (Å²) in [7, 11) is 0. The maximum atomic E-state index is 5.44. The van der Waals surface area contributed by atoms with Gasteiger partial charge in [-0.15, -0.1) is 15.3 Å². The van der Waals surface area contributed by atoms with Gasteiger partial charge in [-0.05, 0) is 19.4 Å². The van der Waals surface area contributed by atoms with E-state index in [9.17, 15) is 0 Å². The van der Waals surface area contributed by atoms with E-state index in [1.54, 1.807) is 0 Å².